The fraction of sp³-hybridized carbons (Fsp3) is 0.500. The first-order chi connectivity index (χ1) is 7.10. The number of aliphatic hydroxyl groups excluding tert-OH is 1. The van der Waals surface area contributed by atoms with E-state index >= 15 is 0 Å². The largest absolute Gasteiger partial charge is 0.511 e. The zero-order chi connectivity index (χ0) is 11.3. The highest BCUT2D eigenvalue weighted by atomic mass is 16.7. The number of carbonyl (C=O) groups excluding carboxylic acids is 1. The highest BCUT2D eigenvalue weighted by Crippen LogP contribution is 2.24. The summed E-state index contributed by atoms with van der Waals surface area (Å²) in [6, 6.07) is 0. The van der Waals surface area contributed by atoms with Gasteiger partial charge in [-0.25, -0.2) is 0 Å². The second-order valence-corrected chi connectivity index (χ2v) is 3.19. The fourth-order valence-electron chi connectivity index (χ4n) is 1.30. The first-order valence-electron chi connectivity index (χ1n) is 4.64. The number of hydrogen-bond acceptors (Lipinski definition) is 4. The topological polar surface area (TPSA) is 67.8 Å². The minimum absolute atomic E-state index is 0.00948. The Hall–Kier alpha value is -1.33. The van der Waals surface area contributed by atoms with E-state index < -0.39 is 11.7 Å². The number of amides is 1. The molecule has 0 aliphatic carbocycles. The lowest BCUT2D eigenvalue weighted by Gasteiger charge is -2.24. The molecule has 0 aromatic carbocycles. The van der Waals surface area contributed by atoms with Crippen LogP contribution in [0.25, 0.3) is 0 Å². The third-order valence-electron chi connectivity index (χ3n) is 1.97. The lowest BCUT2D eigenvalue weighted by Crippen LogP contribution is -2.48. The Balaban J connectivity index is 2.59. The molecule has 0 atom stereocenters. The molecule has 84 valence electrons. The number of hydrogen-bond donors (Lipinski definition) is 2. The summed E-state index contributed by atoms with van der Waals surface area (Å²) < 4.78 is 10.5. The van der Waals surface area contributed by atoms with Gasteiger partial charge in [0.05, 0.1) is 19.8 Å². The van der Waals surface area contributed by atoms with Gasteiger partial charge in [-0.2, -0.15) is 0 Å². The Kier molecular flexibility index (Phi) is 3.88. The maximum atomic E-state index is 11.7. The first kappa shape index (κ1) is 11.7. The van der Waals surface area contributed by atoms with Crippen LogP contribution >= 0.6 is 0 Å². The SMILES string of the molecule is C=CCC1(C(=O)NCC(=C)O)OCCO1. The summed E-state index contributed by atoms with van der Waals surface area (Å²) in [5.41, 5.74) is 0. The van der Waals surface area contributed by atoms with Crippen molar-refractivity contribution < 1.29 is 19.4 Å². The minimum atomic E-state index is -1.28. The maximum Gasteiger partial charge on any atom is 0.281 e. The van der Waals surface area contributed by atoms with Gasteiger partial charge in [-0.1, -0.05) is 12.7 Å². The molecule has 1 amide bonds. The smallest absolute Gasteiger partial charge is 0.281 e. The molecule has 1 aliphatic rings. The Labute approximate surface area is 88.4 Å². The van der Waals surface area contributed by atoms with E-state index in [0.29, 0.717) is 13.2 Å². The molecule has 5 heteroatoms. The molecular formula is C10H15NO4. The second kappa shape index (κ2) is 4.95. The Morgan fingerprint density at radius 2 is 2.13 bits per heavy atom. The summed E-state index contributed by atoms with van der Waals surface area (Å²) in [4.78, 5) is 11.7. The Morgan fingerprint density at radius 3 is 2.60 bits per heavy atom. The summed E-state index contributed by atoms with van der Waals surface area (Å²) >= 11 is 0. The van der Waals surface area contributed by atoms with Crippen LogP contribution in [0, 0.1) is 0 Å². The molecule has 1 fully saturated rings. The van der Waals surface area contributed by atoms with Gasteiger partial charge in [-0.05, 0) is 0 Å². The average molecular weight is 213 g/mol. The molecule has 0 aromatic heterocycles. The van der Waals surface area contributed by atoms with Crippen LogP contribution in [0.5, 0.6) is 0 Å². The van der Waals surface area contributed by atoms with E-state index in [-0.39, 0.29) is 18.7 Å². The number of nitrogens with one attached hydrogen (secondary N) is 1. The summed E-state index contributed by atoms with van der Waals surface area (Å²) in [5.74, 6) is -1.82. The molecule has 1 rings (SSSR count). The predicted molar refractivity (Wildman–Crippen MR) is 54.2 cm³/mol. The van der Waals surface area contributed by atoms with Crippen LogP contribution in [0.1, 0.15) is 6.42 Å². The van der Waals surface area contributed by atoms with Crippen LogP contribution < -0.4 is 5.32 Å². The van der Waals surface area contributed by atoms with Gasteiger partial charge >= 0.3 is 0 Å². The maximum absolute atomic E-state index is 11.7. The summed E-state index contributed by atoms with van der Waals surface area (Å²) in [6.07, 6.45) is 1.83. The van der Waals surface area contributed by atoms with Crippen molar-refractivity contribution in [2.24, 2.45) is 0 Å². The van der Waals surface area contributed by atoms with E-state index in [9.17, 15) is 4.79 Å². The highest BCUT2D eigenvalue weighted by Gasteiger charge is 2.43. The van der Waals surface area contributed by atoms with Crippen molar-refractivity contribution in [1.82, 2.24) is 5.32 Å². The van der Waals surface area contributed by atoms with Gasteiger partial charge in [-0.15, -0.1) is 6.58 Å². The number of rotatable bonds is 5. The van der Waals surface area contributed by atoms with E-state index in [4.69, 9.17) is 14.6 Å². The van der Waals surface area contributed by atoms with Crippen molar-refractivity contribution in [3.05, 3.63) is 25.0 Å². The van der Waals surface area contributed by atoms with Crippen molar-refractivity contribution in [1.29, 1.82) is 0 Å². The third-order valence-corrected chi connectivity index (χ3v) is 1.97. The van der Waals surface area contributed by atoms with Crippen LogP contribution in [-0.4, -0.2) is 36.6 Å². The summed E-state index contributed by atoms with van der Waals surface area (Å²) in [7, 11) is 0. The van der Waals surface area contributed by atoms with Gasteiger partial charge in [0.15, 0.2) is 0 Å². The van der Waals surface area contributed by atoms with Crippen molar-refractivity contribution in [3.8, 4) is 0 Å². The first-order valence-corrected chi connectivity index (χ1v) is 4.64. The molecule has 15 heavy (non-hydrogen) atoms. The van der Waals surface area contributed by atoms with Crippen molar-refractivity contribution in [2.45, 2.75) is 12.2 Å². The average Bonchev–Trinajstić information content (AvgIpc) is 2.64. The van der Waals surface area contributed by atoms with Gasteiger partial charge in [0.25, 0.3) is 11.7 Å². The zero-order valence-corrected chi connectivity index (χ0v) is 8.49. The molecule has 5 nitrogen and oxygen atoms in total. The number of carbonyl (C=O) groups is 1. The molecule has 0 bridgehead atoms. The second-order valence-electron chi connectivity index (χ2n) is 3.19. The predicted octanol–water partition coefficient (Wildman–Crippen LogP) is 0.493. The van der Waals surface area contributed by atoms with Crippen LogP contribution in [-0.2, 0) is 14.3 Å². The van der Waals surface area contributed by atoms with Crippen molar-refractivity contribution in [2.75, 3.05) is 19.8 Å². The van der Waals surface area contributed by atoms with Crippen LogP contribution in [0.2, 0.25) is 0 Å². The lowest BCUT2D eigenvalue weighted by atomic mass is 10.1. The van der Waals surface area contributed by atoms with Gasteiger partial charge in [-0.3, -0.25) is 4.79 Å². The van der Waals surface area contributed by atoms with Gasteiger partial charge < -0.3 is 19.9 Å². The van der Waals surface area contributed by atoms with E-state index in [1.807, 2.05) is 0 Å². The standard InChI is InChI=1S/C10H15NO4/c1-3-4-10(14-5-6-15-10)9(13)11-7-8(2)12/h3,12H,1-2,4-7H2,(H,11,13). The van der Waals surface area contributed by atoms with Gasteiger partial charge in [0, 0.05) is 6.42 Å². The Bertz CT molecular complexity index is 269. The number of aliphatic hydroxyl groups is 1. The molecule has 1 aliphatic heterocycles. The molecular weight excluding hydrogens is 198 g/mol. The summed E-state index contributed by atoms with van der Waals surface area (Å²) in [5, 5.41) is 11.3. The highest BCUT2D eigenvalue weighted by molar-refractivity contribution is 5.84. The fourth-order valence-corrected chi connectivity index (χ4v) is 1.30. The lowest BCUT2D eigenvalue weighted by molar-refractivity contribution is -0.181. The van der Waals surface area contributed by atoms with Crippen molar-refractivity contribution in [3.63, 3.8) is 0 Å². The van der Waals surface area contributed by atoms with E-state index in [2.05, 4.69) is 18.5 Å². The molecule has 1 saturated heterocycles. The molecule has 0 spiro atoms. The van der Waals surface area contributed by atoms with Crippen LogP contribution in [0.4, 0.5) is 0 Å². The molecule has 0 aromatic rings. The molecule has 0 unspecified atom stereocenters. The summed E-state index contributed by atoms with van der Waals surface area (Å²) in [6.45, 7) is 7.54. The monoisotopic (exact) mass is 213 g/mol. The molecule has 2 N–H and O–H groups in total. The van der Waals surface area contributed by atoms with Crippen LogP contribution in [0.3, 0.4) is 0 Å². The molecule has 1 heterocycles. The van der Waals surface area contributed by atoms with E-state index in [1.54, 1.807) is 6.08 Å². The van der Waals surface area contributed by atoms with Gasteiger partial charge in [0.2, 0.25) is 0 Å². The number of ether oxygens (including phenoxy) is 2. The van der Waals surface area contributed by atoms with Crippen molar-refractivity contribution >= 4 is 5.91 Å². The van der Waals surface area contributed by atoms with E-state index in [1.165, 1.54) is 0 Å². The Morgan fingerprint density at radius 1 is 1.53 bits per heavy atom. The quantitative estimate of drug-likeness (QED) is 0.515. The minimum Gasteiger partial charge on any atom is -0.511 e. The normalized spacial score (nSPS) is 18.4. The molecule has 0 saturated carbocycles. The van der Waals surface area contributed by atoms with Crippen LogP contribution in [0.15, 0.2) is 25.0 Å². The van der Waals surface area contributed by atoms with E-state index in [0.717, 1.165) is 0 Å². The van der Waals surface area contributed by atoms with Gasteiger partial charge in [0.1, 0.15) is 5.76 Å². The zero-order valence-electron chi connectivity index (χ0n) is 8.49. The molecule has 0 radical (unpaired) electrons. The third kappa shape index (κ3) is 2.81.